The van der Waals surface area contributed by atoms with E-state index in [0.717, 1.165) is 44.3 Å². The number of hydrogen-bond donors (Lipinski definition) is 11. The second kappa shape index (κ2) is 61.0. The molecule has 43 unspecified atom stereocenters. The number of piperidine rings is 1. The minimum absolute atomic E-state index is 0. The molecule has 8 fully saturated rings. The Morgan fingerprint density at radius 2 is 0.826 bits per heavy atom. The Balaban J connectivity index is 0.000000398. The number of aliphatic hydroxyl groups excluding tert-OH is 8. The number of likely N-dealkylation sites (tertiary alicyclic amines) is 1. The molecule has 7 saturated heterocycles. The number of esters is 2. The maximum Gasteiger partial charge on any atom is 0.521 e. The molecule has 1 aliphatic carbocycles. The number of allylic oxidation sites excluding steroid dienone is 6. The van der Waals surface area contributed by atoms with Crippen molar-refractivity contribution in [3.8, 4) is 0 Å². The maximum absolute atomic E-state index is 14.1. The number of aldehydes is 1. The molecule has 0 aromatic rings. The minimum Gasteiger partial charge on any atom is -0.565 e. The molecule has 9 aliphatic heterocycles. The van der Waals surface area contributed by atoms with E-state index in [-0.39, 0.29) is 64.2 Å². The standard InChI is InChI=1S/C51H88N2O16.C46H77NO17.C6H12.HO4P.H2/c1-13-38-35(27-63-50-47(62-12)46(61-11)42(57)31(5)65-50)23-28(2)17-18-36(54)29(3)24-34(19-22-53-20-15-14-16-21-53)44(30(4)37(55)25-39(56)67-38)69-49-43(58)41(52(9)10)45(32(6)66-49)68-40-26-51(8,60)48(59)33(7)64-40;1-13-33-30(22-58-45-42(57-12)41(56-11)37(52)26(5)60-45)18-23(2)14-15-31(49)24(3)19-29(16-17-48)39(25(4)32(50)20-34(51)62-33)64-44-38(53)36(47(9)10)40(27(6)61-44)63-35-21-46(8,55)43(54)28(7)59-35;1-2-4-6-5-3-1;1-4-5(2)3;/h17-18,23,29-35,37-38,40-50,55,57-60H,13-16,19-22,24-27H2,1-12H3;14-15,17-18,24-30,32-33,35-45,50,52-55H,13,16,19-22H2,1-12H3;1-6H2;1H;1H/b18-17+,28-23+;15-14+,23-18+;;;. The van der Waals surface area contributed by atoms with E-state index in [1.165, 1.54) is 93.3 Å². The van der Waals surface area contributed by atoms with Crippen LogP contribution in [0.4, 0.5) is 0 Å². The zero-order valence-corrected chi connectivity index (χ0v) is 90.3. The van der Waals surface area contributed by atoms with Crippen LogP contribution in [-0.4, -0.2) is 398 Å². The monoisotopic (exact) mass is 2080 g/mol. The molecule has 1 saturated carbocycles. The van der Waals surface area contributed by atoms with Crippen LogP contribution in [0.3, 0.4) is 0 Å². The quantitative estimate of drug-likeness (QED) is 0.0123. The van der Waals surface area contributed by atoms with Crippen molar-refractivity contribution in [3.05, 3.63) is 47.6 Å². The SMILES string of the molecule is C1CCCCC1.CCC1OC(=O)CC(O)C(C)C(OC2OC(C)C(OC3CC(C)(O)C(O)C(C)O3)C(N(C)C)C2O)C(CC=O)CC(C)C(=O)/C=C/C(C)=C/C1COC1OC(C)C(O)C(OC)C1OC.CCC1OC(=O)CC(O)C(C)C(OC2OC(C)C(OC3CC(C)(O)C(O)C(C)O3)C(N(C)C)C2O)C(CCN2CCCCC2)CC(C)C(=O)/C=C/C(C)=C/C1COC1OC(C)C(O)C(OC)C1OC.O=[P+]([O-])OO.[HH]. The molecule has 0 radical (unpaired) electrons. The fraction of sp³-hybridized carbons (Fsp3) is 0.874. The zero-order chi connectivity index (χ0) is 107. The van der Waals surface area contributed by atoms with Gasteiger partial charge in [0.05, 0.1) is 110 Å². The second-order valence-electron chi connectivity index (χ2n) is 42.2. The number of aliphatic hydroxyl groups is 10. The largest absolute Gasteiger partial charge is 0.565 e. The lowest BCUT2D eigenvalue weighted by atomic mass is 9.79. The number of rotatable bonds is 28. The Bertz CT molecular complexity index is 3930. The maximum atomic E-state index is 14.1. The van der Waals surface area contributed by atoms with Gasteiger partial charge in [-0.2, -0.15) is 0 Å². The lowest BCUT2D eigenvalue weighted by molar-refractivity contribution is -0.342. The van der Waals surface area contributed by atoms with Crippen LogP contribution in [0.25, 0.3) is 0 Å². The first-order chi connectivity index (χ1) is 67.9. The summed E-state index contributed by atoms with van der Waals surface area (Å²) >= 11 is 0. The van der Waals surface area contributed by atoms with E-state index in [4.69, 9.17) is 100.0 Å². The molecule has 0 aromatic heterocycles. The van der Waals surface area contributed by atoms with Crippen molar-refractivity contribution in [2.45, 2.75) is 440 Å². The molecule has 41 heteroatoms. The fourth-order valence-corrected chi connectivity index (χ4v) is 21.5. The van der Waals surface area contributed by atoms with Crippen molar-refractivity contribution in [2.75, 3.05) is 89.5 Å². The predicted molar refractivity (Wildman–Crippen MR) is 526 cm³/mol. The Kier molecular flexibility index (Phi) is 53.6. The highest BCUT2D eigenvalue weighted by Gasteiger charge is 2.56. The molecule has 0 amide bonds. The number of carbonyl (C=O) groups is 5. The van der Waals surface area contributed by atoms with Crippen LogP contribution in [-0.2, 0) is 118 Å². The van der Waals surface area contributed by atoms with E-state index in [1.54, 1.807) is 85.7 Å². The van der Waals surface area contributed by atoms with Gasteiger partial charge >= 0.3 is 20.2 Å². The number of cyclic esters (lactones) is 2. The summed E-state index contributed by atoms with van der Waals surface area (Å²) < 4.78 is 122. The topological polar surface area (TPSA) is 533 Å². The van der Waals surface area contributed by atoms with Gasteiger partial charge in [0.15, 0.2) is 49.3 Å². The molecule has 144 heavy (non-hydrogen) atoms. The highest BCUT2D eigenvalue weighted by Crippen LogP contribution is 2.43. The summed E-state index contributed by atoms with van der Waals surface area (Å²) in [4.78, 5) is 82.8. The third-order valence-electron chi connectivity index (χ3n) is 30.3. The van der Waals surface area contributed by atoms with E-state index in [9.17, 15) is 75.0 Å². The summed E-state index contributed by atoms with van der Waals surface area (Å²) in [7, 11) is 9.99. The van der Waals surface area contributed by atoms with Crippen LogP contribution in [0, 0.1) is 47.3 Å². The first kappa shape index (κ1) is 127. The van der Waals surface area contributed by atoms with Gasteiger partial charge in [0.2, 0.25) is 0 Å². The van der Waals surface area contributed by atoms with Crippen LogP contribution in [0.2, 0.25) is 0 Å². The minimum atomic E-state index is -3.04. The van der Waals surface area contributed by atoms with Gasteiger partial charge < -0.3 is 161 Å². The number of ether oxygens (including phenoxy) is 18. The zero-order valence-electron chi connectivity index (χ0n) is 89.4. The molecule has 11 N–H and O–H groups in total. The Morgan fingerprint density at radius 1 is 0.479 bits per heavy atom. The van der Waals surface area contributed by atoms with E-state index in [1.807, 2.05) is 79.6 Å². The van der Waals surface area contributed by atoms with Gasteiger partial charge in [0, 0.05) is 89.3 Å². The number of ketones is 2. The molecule has 0 bridgehead atoms. The summed E-state index contributed by atoms with van der Waals surface area (Å²) in [5.74, 6) is -6.31. The molecule has 0 spiro atoms. The first-order valence-electron chi connectivity index (χ1n) is 51.9. The molecule has 10 aliphatic rings. The lowest BCUT2D eigenvalue weighted by Crippen LogP contribution is -2.65. The van der Waals surface area contributed by atoms with Crippen LogP contribution in [0.5, 0.6) is 0 Å². The Hall–Kier alpha value is -4.27. The van der Waals surface area contributed by atoms with Gasteiger partial charge in [0.25, 0.3) is 0 Å². The van der Waals surface area contributed by atoms with Gasteiger partial charge in [-0.1, -0.05) is 122 Å². The smallest absolute Gasteiger partial charge is 0.521 e. The van der Waals surface area contributed by atoms with E-state index < -0.39 is 276 Å². The van der Waals surface area contributed by atoms with Crippen molar-refractivity contribution >= 4 is 38.0 Å². The van der Waals surface area contributed by atoms with Gasteiger partial charge in [-0.05, 0) is 191 Å². The van der Waals surface area contributed by atoms with E-state index >= 15 is 0 Å². The molecule has 40 nitrogen and oxygen atoms in total. The average molecular weight is 2080 g/mol. The van der Waals surface area contributed by atoms with Crippen molar-refractivity contribution in [1.82, 2.24) is 14.7 Å². The average Bonchev–Trinajstić information content (AvgIpc) is 0.773. The molecular weight excluding hydrogens is 1900 g/mol. The predicted octanol–water partition coefficient (Wildman–Crippen LogP) is 7.03. The van der Waals surface area contributed by atoms with Gasteiger partial charge in [-0.3, -0.25) is 19.2 Å². The van der Waals surface area contributed by atoms with E-state index in [2.05, 4.69) is 9.57 Å². The van der Waals surface area contributed by atoms with Crippen LogP contribution < -0.4 is 4.89 Å². The molecule has 10 rings (SSSR count). The number of nitrogens with zero attached hydrogens (tertiary/aromatic N) is 3. The summed E-state index contributed by atoms with van der Waals surface area (Å²) in [6, 6.07) is -1.43. The summed E-state index contributed by atoms with van der Waals surface area (Å²) in [6.45, 7) is 30.5. The third-order valence-corrected chi connectivity index (χ3v) is 30.4. The fourth-order valence-electron chi connectivity index (χ4n) is 21.5. The van der Waals surface area contributed by atoms with Crippen molar-refractivity contribution in [2.24, 2.45) is 47.3 Å². The van der Waals surface area contributed by atoms with Crippen LogP contribution in [0.1, 0.15) is 234 Å². The number of methoxy groups -OCH3 is 4. The number of hydrogen-bond acceptors (Lipinski definition) is 40. The van der Waals surface area contributed by atoms with Gasteiger partial charge in [-0.15, -0.1) is 0 Å². The Morgan fingerprint density at radius 3 is 1.16 bits per heavy atom. The Labute approximate surface area is 854 Å². The third kappa shape index (κ3) is 36.5. The highest BCUT2D eigenvalue weighted by molar-refractivity contribution is 7.30. The normalized spacial score (nSPS) is 43.4. The summed E-state index contributed by atoms with van der Waals surface area (Å²) in [5, 5.41) is 119. The van der Waals surface area contributed by atoms with E-state index in [0.29, 0.717) is 31.3 Å². The van der Waals surface area contributed by atoms with Gasteiger partial charge in [-0.25, -0.2) is 5.26 Å². The molecule has 9 heterocycles. The molecule has 834 valence electrons. The molecule has 43 atom stereocenters. The lowest BCUT2D eigenvalue weighted by Gasteiger charge is -2.50. The van der Waals surface area contributed by atoms with Crippen LogP contribution >= 0.6 is 8.25 Å². The van der Waals surface area contributed by atoms with Crippen molar-refractivity contribution in [3.63, 3.8) is 0 Å². The molecule has 0 aromatic carbocycles. The van der Waals surface area contributed by atoms with Crippen LogP contribution in [0.15, 0.2) is 47.6 Å². The first-order valence-corrected chi connectivity index (χ1v) is 53.0. The number of carbonyl (C=O) groups excluding carboxylic acids is 5. The van der Waals surface area contributed by atoms with Crippen molar-refractivity contribution < 1.29 is 181 Å². The summed E-state index contributed by atoms with van der Waals surface area (Å²) in [5.41, 5.74) is -1.53. The second-order valence-corrected chi connectivity index (χ2v) is 42.8. The highest BCUT2D eigenvalue weighted by atomic mass is 31.1. The number of likely N-dealkylation sites (N-methyl/N-ethyl adjacent to an activating group) is 2. The van der Waals surface area contributed by atoms with Crippen molar-refractivity contribution in [1.29, 1.82) is 0 Å². The summed E-state index contributed by atoms with van der Waals surface area (Å²) in [6.07, 6.45) is -3.17. The molecular formula is C103H180N3O37P. The van der Waals surface area contributed by atoms with Gasteiger partial charge in [0.1, 0.15) is 91.7 Å².